The second-order valence-corrected chi connectivity index (χ2v) is 8.64. The van der Waals surface area contributed by atoms with E-state index in [1.807, 2.05) is 41.3 Å². The summed E-state index contributed by atoms with van der Waals surface area (Å²) in [4.78, 5) is 40.0. The number of urea groups is 1. The molecule has 4 amide bonds. The van der Waals surface area contributed by atoms with E-state index >= 15 is 0 Å². The first kappa shape index (κ1) is 17.9. The molecule has 3 aliphatic rings. The van der Waals surface area contributed by atoms with Crippen LogP contribution in [0.3, 0.4) is 0 Å². The van der Waals surface area contributed by atoms with Crippen molar-refractivity contribution in [1.29, 1.82) is 0 Å². The van der Waals surface area contributed by atoms with Crippen molar-refractivity contribution in [2.24, 2.45) is 0 Å². The average molecular weight is 389 g/mol. The van der Waals surface area contributed by atoms with Gasteiger partial charge in [0.25, 0.3) is 11.8 Å². The third-order valence-electron chi connectivity index (χ3n) is 6.25. The molecule has 148 valence electrons. The topological polar surface area (TPSA) is 69.7 Å². The van der Waals surface area contributed by atoms with Crippen LogP contribution in [-0.2, 0) is 17.9 Å². The van der Waals surface area contributed by atoms with Crippen molar-refractivity contribution in [3.05, 3.63) is 59.2 Å². The summed E-state index contributed by atoms with van der Waals surface area (Å²) < 4.78 is 0. The first-order valence-electron chi connectivity index (χ1n) is 10.0. The van der Waals surface area contributed by atoms with E-state index < -0.39 is 5.54 Å². The van der Waals surface area contributed by atoms with E-state index in [0.29, 0.717) is 19.1 Å². The Morgan fingerprint density at radius 1 is 1.00 bits per heavy atom. The predicted octanol–water partition coefficient (Wildman–Crippen LogP) is 3.30. The van der Waals surface area contributed by atoms with Gasteiger partial charge in [-0.2, -0.15) is 0 Å². The number of imide groups is 1. The van der Waals surface area contributed by atoms with Gasteiger partial charge in [0.15, 0.2) is 0 Å². The number of amides is 4. The number of nitrogens with zero attached hydrogens (tertiary/aromatic N) is 2. The van der Waals surface area contributed by atoms with Gasteiger partial charge in [0.1, 0.15) is 5.54 Å². The molecule has 1 saturated carbocycles. The van der Waals surface area contributed by atoms with Gasteiger partial charge in [0.2, 0.25) is 0 Å². The maximum Gasteiger partial charge on any atom is 0.325 e. The molecule has 1 N–H and O–H groups in total. The molecule has 0 bridgehead atoms. The minimum absolute atomic E-state index is 0.158. The average Bonchev–Trinajstić information content (AvgIpc) is 3.46. The van der Waals surface area contributed by atoms with E-state index in [1.165, 1.54) is 0 Å². The normalized spacial score (nSPS) is 20.3. The fourth-order valence-corrected chi connectivity index (χ4v) is 4.15. The molecule has 6 heteroatoms. The van der Waals surface area contributed by atoms with E-state index in [9.17, 15) is 14.4 Å². The molecule has 0 unspecified atom stereocenters. The molecule has 0 radical (unpaired) electrons. The van der Waals surface area contributed by atoms with E-state index in [4.69, 9.17) is 0 Å². The zero-order valence-corrected chi connectivity index (χ0v) is 16.6. The molecule has 1 saturated heterocycles. The quantitative estimate of drug-likeness (QED) is 0.816. The van der Waals surface area contributed by atoms with E-state index in [-0.39, 0.29) is 17.8 Å². The third kappa shape index (κ3) is 2.90. The fraction of sp³-hybridized carbons (Fsp3) is 0.348. The first-order valence-corrected chi connectivity index (χ1v) is 10.0. The van der Waals surface area contributed by atoms with E-state index in [1.54, 1.807) is 18.7 Å². The highest BCUT2D eigenvalue weighted by molar-refractivity contribution is 6.06. The summed E-state index contributed by atoms with van der Waals surface area (Å²) >= 11 is 0. The Hall–Kier alpha value is -3.15. The zero-order valence-electron chi connectivity index (χ0n) is 16.6. The molecular formula is C23H23N3O3. The van der Waals surface area contributed by atoms with Crippen molar-refractivity contribution < 1.29 is 14.4 Å². The van der Waals surface area contributed by atoms with Crippen LogP contribution < -0.4 is 5.32 Å². The van der Waals surface area contributed by atoms with Crippen LogP contribution in [0.25, 0.3) is 11.1 Å². The molecule has 5 rings (SSSR count). The Morgan fingerprint density at radius 2 is 1.69 bits per heavy atom. The van der Waals surface area contributed by atoms with Crippen molar-refractivity contribution >= 4 is 17.8 Å². The maximum absolute atomic E-state index is 12.5. The lowest BCUT2D eigenvalue weighted by molar-refractivity contribution is -0.125. The number of rotatable bonds is 4. The van der Waals surface area contributed by atoms with Gasteiger partial charge in [-0.3, -0.25) is 14.9 Å². The summed E-state index contributed by atoms with van der Waals surface area (Å²) in [6.07, 6.45) is 2.23. The number of hydrogen-bond acceptors (Lipinski definition) is 3. The molecular weight excluding hydrogens is 366 g/mol. The minimum atomic E-state index is -0.851. The summed E-state index contributed by atoms with van der Waals surface area (Å²) in [6, 6.07) is 14.1. The van der Waals surface area contributed by atoms with Crippen LogP contribution in [-0.4, -0.2) is 39.2 Å². The van der Waals surface area contributed by atoms with Crippen LogP contribution in [0.15, 0.2) is 42.5 Å². The molecule has 2 aliphatic heterocycles. The number of carbonyl (C=O) groups is 3. The number of carbonyl (C=O) groups excluding carboxylic acids is 3. The van der Waals surface area contributed by atoms with Crippen molar-refractivity contribution in [3.8, 4) is 11.1 Å². The van der Waals surface area contributed by atoms with Crippen LogP contribution >= 0.6 is 0 Å². The van der Waals surface area contributed by atoms with Crippen molar-refractivity contribution in [2.45, 2.75) is 51.4 Å². The van der Waals surface area contributed by atoms with E-state index in [2.05, 4.69) is 11.4 Å². The number of fused-ring (bicyclic) bond motifs is 1. The number of benzene rings is 2. The maximum atomic E-state index is 12.5. The Balaban J connectivity index is 1.35. The molecule has 2 aromatic rings. The van der Waals surface area contributed by atoms with Gasteiger partial charge in [-0.05, 0) is 61.1 Å². The Morgan fingerprint density at radius 3 is 2.31 bits per heavy atom. The standard InChI is InChI=1S/C23H23N3O3/c1-23(2)21(28)24-22(29)26(23)12-14-3-5-15(6-4-14)16-7-10-19-17(11-16)13-25(20(19)27)18-8-9-18/h3-7,10-11,18H,8-9,12-13H2,1-2H3,(H,24,28,29). The largest absolute Gasteiger partial charge is 0.331 e. The predicted molar refractivity (Wildman–Crippen MR) is 108 cm³/mol. The molecule has 0 atom stereocenters. The van der Waals surface area contributed by atoms with Crippen LogP contribution in [0.4, 0.5) is 4.79 Å². The summed E-state index contributed by atoms with van der Waals surface area (Å²) in [5.74, 6) is -0.113. The Bertz CT molecular complexity index is 1040. The smallest absolute Gasteiger partial charge is 0.325 e. The van der Waals surface area contributed by atoms with E-state index in [0.717, 1.165) is 40.7 Å². The highest BCUT2D eigenvalue weighted by Gasteiger charge is 2.45. The third-order valence-corrected chi connectivity index (χ3v) is 6.25. The van der Waals surface area contributed by atoms with Gasteiger partial charge in [0, 0.05) is 24.7 Å². The van der Waals surface area contributed by atoms with Gasteiger partial charge in [-0.15, -0.1) is 0 Å². The lowest BCUT2D eigenvalue weighted by Gasteiger charge is -2.28. The first-order chi connectivity index (χ1) is 13.8. The minimum Gasteiger partial charge on any atom is -0.331 e. The zero-order chi connectivity index (χ0) is 20.3. The molecule has 6 nitrogen and oxygen atoms in total. The molecule has 2 heterocycles. The summed E-state index contributed by atoms with van der Waals surface area (Å²) in [5.41, 5.74) is 4.17. The Kier molecular flexibility index (Phi) is 3.81. The number of hydrogen-bond donors (Lipinski definition) is 1. The second-order valence-electron chi connectivity index (χ2n) is 8.64. The molecule has 2 fully saturated rings. The molecule has 2 aromatic carbocycles. The van der Waals surface area contributed by atoms with Crippen molar-refractivity contribution in [2.75, 3.05) is 0 Å². The fourth-order valence-electron chi connectivity index (χ4n) is 4.15. The SMILES string of the molecule is CC1(C)C(=O)NC(=O)N1Cc1ccc(-c2ccc3c(c2)CN(C2CC2)C3=O)cc1. The van der Waals surface area contributed by atoms with Crippen LogP contribution in [0.1, 0.15) is 48.2 Å². The highest BCUT2D eigenvalue weighted by Crippen LogP contribution is 2.36. The lowest BCUT2D eigenvalue weighted by atomic mass is 9.99. The van der Waals surface area contributed by atoms with Crippen LogP contribution in [0.2, 0.25) is 0 Å². The molecule has 29 heavy (non-hydrogen) atoms. The van der Waals surface area contributed by atoms with Crippen LogP contribution in [0, 0.1) is 0 Å². The molecule has 1 aliphatic carbocycles. The summed E-state index contributed by atoms with van der Waals surface area (Å²) in [6.45, 7) is 4.58. The highest BCUT2D eigenvalue weighted by atomic mass is 16.2. The Labute approximate surface area is 169 Å². The van der Waals surface area contributed by atoms with Gasteiger partial charge >= 0.3 is 6.03 Å². The summed E-state index contributed by atoms with van der Waals surface area (Å²) in [5, 5.41) is 2.37. The van der Waals surface area contributed by atoms with Gasteiger partial charge < -0.3 is 9.80 Å². The summed E-state index contributed by atoms with van der Waals surface area (Å²) in [7, 11) is 0. The van der Waals surface area contributed by atoms with Crippen LogP contribution in [0.5, 0.6) is 0 Å². The second kappa shape index (κ2) is 6.17. The van der Waals surface area contributed by atoms with Crippen molar-refractivity contribution in [3.63, 3.8) is 0 Å². The number of nitrogens with one attached hydrogen (secondary N) is 1. The monoisotopic (exact) mass is 389 g/mol. The van der Waals surface area contributed by atoms with Gasteiger partial charge in [-0.1, -0.05) is 30.3 Å². The lowest BCUT2D eigenvalue weighted by Crippen LogP contribution is -2.43. The molecule has 0 aromatic heterocycles. The van der Waals surface area contributed by atoms with Crippen molar-refractivity contribution in [1.82, 2.24) is 15.1 Å². The molecule has 0 spiro atoms. The van der Waals surface area contributed by atoms with Gasteiger partial charge in [-0.25, -0.2) is 4.79 Å². The van der Waals surface area contributed by atoms with Gasteiger partial charge in [0.05, 0.1) is 0 Å².